The predicted molar refractivity (Wildman–Crippen MR) is 219 cm³/mol. The highest BCUT2D eigenvalue weighted by Gasteiger charge is 2.62. The van der Waals surface area contributed by atoms with E-state index in [4.69, 9.17) is 23.1 Å². The molecule has 16 heteroatoms. The third-order valence-electron chi connectivity index (χ3n) is 12.0. The minimum absolute atomic E-state index is 0.0220. The van der Waals surface area contributed by atoms with Gasteiger partial charge in [-0.3, -0.25) is 24.1 Å². The first-order chi connectivity index (χ1) is 27.6. The second-order valence-electron chi connectivity index (χ2n) is 19.0. The van der Waals surface area contributed by atoms with Gasteiger partial charge in [0.05, 0.1) is 49.2 Å². The van der Waals surface area contributed by atoms with Crippen LogP contribution in [0.4, 0.5) is 0 Å². The van der Waals surface area contributed by atoms with E-state index >= 15 is 0 Å². The van der Waals surface area contributed by atoms with Crippen LogP contribution in [0, 0.1) is 22.7 Å². The number of pyridine rings is 1. The van der Waals surface area contributed by atoms with Crippen LogP contribution in [-0.2, 0) is 43.1 Å². The van der Waals surface area contributed by atoms with E-state index in [0.29, 0.717) is 43.9 Å². The number of rotatable bonds is 17. The Hall–Kier alpha value is -3.86. The molecule has 326 valence electrons. The third-order valence-corrected chi connectivity index (χ3v) is 13.0. The van der Waals surface area contributed by atoms with Gasteiger partial charge in [-0.25, -0.2) is 13.9 Å². The highest BCUT2D eigenvalue weighted by molar-refractivity contribution is 7.85. The van der Waals surface area contributed by atoms with Crippen LogP contribution in [0.3, 0.4) is 0 Å². The van der Waals surface area contributed by atoms with Crippen LogP contribution in [0.15, 0.2) is 30.5 Å². The van der Waals surface area contributed by atoms with Gasteiger partial charge in [-0.15, -0.1) is 0 Å². The van der Waals surface area contributed by atoms with E-state index in [-0.39, 0.29) is 31.7 Å². The number of ketones is 1. The van der Waals surface area contributed by atoms with E-state index in [1.54, 1.807) is 33.9 Å². The average molecular weight is 843 g/mol. The Balaban J connectivity index is 1.23. The Kier molecular flexibility index (Phi) is 13.1. The minimum Gasteiger partial charge on any atom is -0.492 e. The van der Waals surface area contributed by atoms with Gasteiger partial charge in [-0.2, -0.15) is 8.42 Å². The van der Waals surface area contributed by atoms with Crippen molar-refractivity contribution >= 4 is 44.6 Å². The smallest absolute Gasteiger partial charge is 0.362 e. The zero-order valence-corrected chi connectivity index (χ0v) is 36.7. The zero-order valence-electron chi connectivity index (χ0n) is 35.8. The molecule has 2 aliphatic heterocycles. The fraction of sp³-hybridized carbons (Fsp3) is 0.698. The topological polar surface area (TPSA) is 180 Å². The highest BCUT2D eigenvalue weighted by Crippen LogP contribution is 2.58. The summed E-state index contributed by atoms with van der Waals surface area (Å²) in [6.45, 7) is 18.9. The Bertz CT molecular complexity index is 2000. The highest BCUT2D eigenvalue weighted by atomic mass is 32.2. The Morgan fingerprint density at radius 3 is 2.39 bits per heavy atom. The lowest BCUT2D eigenvalue weighted by Crippen LogP contribution is -2.49. The largest absolute Gasteiger partial charge is 0.492 e. The van der Waals surface area contributed by atoms with Crippen LogP contribution < -0.4 is 14.2 Å². The number of hydrogen-bond donors (Lipinski definition) is 1. The monoisotopic (exact) mass is 842 g/mol. The van der Waals surface area contributed by atoms with Crippen LogP contribution in [0.5, 0.6) is 11.6 Å². The molecule has 0 radical (unpaired) electrons. The molecule has 1 aromatic heterocycles. The predicted octanol–water partition coefficient (Wildman–Crippen LogP) is 4.99. The lowest BCUT2D eigenvalue weighted by atomic mass is 9.77. The maximum Gasteiger partial charge on any atom is 0.362 e. The normalized spacial score (nSPS) is 24.9. The minimum atomic E-state index is -4.42. The van der Waals surface area contributed by atoms with Crippen molar-refractivity contribution in [3.05, 3.63) is 30.5 Å². The molecule has 2 saturated carbocycles. The van der Waals surface area contributed by atoms with Gasteiger partial charge in [0.15, 0.2) is 5.78 Å². The molecule has 0 spiro atoms. The first kappa shape index (κ1) is 44.7. The van der Waals surface area contributed by atoms with E-state index in [0.717, 1.165) is 43.6 Å². The molecule has 3 heterocycles. The number of nitrogens with zero attached hydrogens (tertiary/aromatic N) is 3. The van der Waals surface area contributed by atoms with Gasteiger partial charge in [0.1, 0.15) is 24.1 Å². The van der Waals surface area contributed by atoms with Gasteiger partial charge in [0.2, 0.25) is 17.7 Å². The summed E-state index contributed by atoms with van der Waals surface area (Å²) in [6, 6.07) is 6.50. The van der Waals surface area contributed by atoms with E-state index in [2.05, 4.69) is 14.6 Å². The van der Waals surface area contributed by atoms with Gasteiger partial charge in [0, 0.05) is 44.1 Å². The molecule has 6 rings (SSSR count). The van der Waals surface area contributed by atoms with E-state index in [9.17, 15) is 27.6 Å². The number of morpholine rings is 1. The fourth-order valence-electron chi connectivity index (χ4n) is 8.21. The quantitative estimate of drug-likeness (QED) is 0.211. The number of likely N-dealkylation sites (tertiary alicyclic amines) is 1. The number of esters is 1. The molecule has 2 aromatic rings. The van der Waals surface area contributed by atoms with Gasteiger partial charge in [0.25, 0.3) is 0 Å². The maximum absolute atomic E-state index is 14.7. The summed E-state index contributed by atoms with van der Waals surface area (Å²) in [5.41, 5.74) is -3.58. The summed E-state index contributed by atoms with van der Waals surface area (Å²) in [5, 5.41) is 1.56. The first-order valence-electron chi connectivity index (χ1n) is 20.9. The number of Topliss-reactive ketones (excluding diaryl/α,β-unsaturated/α-hetero) is 1. The van der Waals surface area contributed by atoms with Gasteiger partial charge < -0.3 is 23.8 Å². The maximum atomic E-state index is 14.7. The molecular formula is C43H62N4O11S. The summed E-state index contributed by atoms with van der Waals surface area (Å²) < 4.78 is 56.7. The number of carbonyl (C=O) groups is 4. The van der Waals surface area contributed by atoms with E-state index < -0.39 is 74.0 Å². The number of fused-ring (bicyclic) bond motifs is 1. The van der Waals surface area contributed by atoms with Crippen molar-refractivity contribution < 1.29 is 50.7 Å². The molecule has 2 aliphatic carbocycles. The molecular weight excluding hydrogens is 781 g/mol. The van der Waals surface area contributed by atoms with E-state index in [1.807, 2.05) is 52.0 Å². The molecule has 1 aromatic carbocycles. The Morgan fingerprint density at radius 1 is 1.05 bits per heavy atom. The number of hydrogen-bond acceptors (Lipinski definition) is 13. The third kappa shape index (κ3) is 11.3. The number of carbonyl (C=O) groups excluding carboxylic acids is 4. The van der Waals surface area contributed by atoms with Crippen LogP contribution in [0.25, 0.3) is 10.8 Å². The van der Waals surface area contributed by atoms with Crippen molar-refractivity contribution in [3.8, 4) is 11.6 Å². The number of aromatic nitrogens is 1. The number of ether oxygens (including phenoxy) is 4. The van der Waals surface area contributed by atoms with Gasteiger partial charge >= 0.3 is 16.3 Å². The molecule has 5 atom stereocenters. The summed E-state index contributed by atoms with van der Waals surface area (Å²) >= 11 is 0. The van der Waals surface area contributed by atoms with Crippen molar-refractivity contribution in [3.63, 3.8) is 0 Å². The Morgan fingerprint density at radius 2 is 1.76 bits per heavy atom. The van der Waals surface area contributed by atoms with Crippen LogP contribution in [0.1, 0.15) is 100 Å². The van der Waals surface area contributed by atoms with Crippen molar-refractivity contribution in [2.75, 3.05) is 46.0 Å². The fourth-order valence-corrected chi connectivity index (χ4v) is 9.38. The Labute approximate surface area is 348 Å². The van der Waals surface area contributed by atoms with Gasteiger partial charge in [-0.1, -0.05) is 34.1 Å². The standard InChI is InChI=1S/C43H62N4O11S/c1-9-29-25-43(29,39(51)45-59(52,53)58-42(8)13-14-42)26-35(48)34-23-31(27-47(34)38(50)33(40(2,3)4)24-36(49)57-41(5,6)7)56-37-32-11-10-30(22-28(32)12-15-44-37)55-21-18-46-16-19-54-20-17-46/h10-12,15,22,29,31,33-34H,9,13-14,16-21,23-27H2,1-8H3,(H,45,51)/t29-,31-,33-,34+,43-/m1/s1. The molecule has 2 saturated heterocycles. The second kappa shape index (κ2) is 17.3. The number of nitrogens with one attached hydrogen (secondary N) is 1. The summed E-state index contributed by atoms with van der Waals surface area (Å²) in [4.78, 5) is 64.5. The van der Waals surface area contributed by atoms with Crippen molar-refractivity contribution in [2.45, 2.75) is 124 Å². The first-order valence-corrected chi connectivity index (χ1v) is 22.3. The van der Waals surface area contributed by atoms with Crippen LogP contribution in [0.2, 0.25) is 0 Å². The van der Waals surface area contributed by atoms with Crippen LogP contribution in [-0.4, -0.2) is 116 Å². The lowest BCUT2D eigenvalue weighted by Gasteiger charge is -2.35. The van der Waals surface area contributed by atoms with Crippen molar-refractivity contribution in [2.24, 2.45) is 22.7 Å². The SMILES string of the molecule is CC[C@@H]1C[C@]1(CC(=O)[C@@H]1C[C@@H](Oc2nccc3cc(OCCN4CCOCC4)ccc23)CN1C(=O)[C@@H](CC(=O)OC(C)(C)C)C(C)(C)C)C(=O)NS(=O)(=O)OC1(C)CC1. The average Bonchev–Trinajstić information content (AvgIpc) is 4.01. The zero-order chi connectivity index (χ0) is 43.0. The van der Waals surface area contributed by atoms with Crippen LogP contribution >= 0.6 is 0 Å². The van der Waals surface area contributed by atoms with Crippen molar-refractivity contribution in [1.82, 2.24) is 19.5 Å². The molecule has 59 heavy (non-hydrogen) atoms. The van der Waals surface area contributed by atoms with E-state index in [1.165, 1.54) is 4.90 Å². The number of benzene rings is 1. The molecule has 0 unspecified atom stereocenters. The summed E-state index contributed by atoms with van der Waals surface area (Å²) in [6.07, 6.45) is 2.56. The molecule has 0 bridgehead atoms. The molecule has 2 amide bonds. The molecule has 4 aliphatic rings. The molecule has 4 fully saturated rings. The lowest BCUT2D eigenvalue weighted by molar-refractivity contribution is -0.161. The van der Waals surface area contributed by atoms with Crippen molar-refractivity contribution in [1.29, 1.82) is 0 Å². The molecule has 15 nitrogen and oxygen atoms in total. The second-order valence-corrected chi connectivity index (χ2v) is 20.3. The molecule has 1 N–H and O–H groups in total. The van der Waals surface area contributed by atoms with Gasteiger partial charge in [-0.05, 0) is 87.9 Å². The summed E-state index contributed by atoms with van der Waals surface area (Å²) in [5.74, 6) is -2.18. The summed E-state index contributed by atoms with van der Waals surface area (Å²) in [7, 11) is -4.42. The number of amides is 2.